The lowest BCUT2D eigenvalue weighted by molar-refractivity contribution is 0.0593. The second-order valence-electron chi connectivity index (χ2n) is 5.98. The van der Waals surface area contributed by atoms with E-state index in [0.29, 0.717) is 16.9 Å². The minimum Gasteiger partial charge on any atom is -0.465 e. The van der Waals surface area contributed by atoms with Gasteiger partial charge in [0.25, 0.3) is 0 Å². The molecule has 0 saturated carbocycles. The number of benzene rings is 1. The maximum Gasteiger partial charge on any atom is 0.442 e. The monoisotopic (exact) mass is 325 g/mol. The number of fused-ring (bicyclic) bond motifs is 1. The van der Waals surface area contributed by atoms with Crippen molar-refractivity contribution < 1.29 is 23.3 Å². The Bertz CT molecular complexity index is 739. The van der Waals surface area contributed by atoms with Gasteiger partial charge < -0.3 is 9.47 Å². The molecule has 22 heavy (non-hydrogen) atoms. The molecule has 0 fully saturated rings. The molecule has 0 spiro atoms. The van der Waals surface area contributed by atoms with Crippen molar-refractivity contribution in [2.45, 2.75) is 37.7 Å². The third-order valence-corrected chi connectivity index (χ3v) is 5.38. The molecule has 0 bridgehead atoms. The molecular weight excluding hydrogens is 306 g/mol. The molecule has 0 N–H and O–H groups in total. The fourth-order valence-corrected chi connectivity index (χ4v) is 4.22. The summed E-state index contributed by atoms with van der Waals surface area (Å²) >= 11 is 0. The van der Waals surface area contributed by atoms with Crippen LogP contribution in [0.2, 0.25) is 0 Å². The standard InChI is InChI=1S/C15H19NO5S/c1-15(2,3)21-14(18)16-22(19)8-7-10-9-11(13(17)20-4)5-6-12(10)22/h5-6,9H,7-8H2,1-4H3. The number of hydrogen-bond acceptors (Lipinski definition) is 5. The van der Waals surface area contributed by atoms with Crippen LogP contribution in [0.3, 0.4) is 0 Å². The van der Waals surface area contributed by atoms with E-state index in [9.17, 15) is 13.8 Å². The Morgan fingerprint density at radius 1 is 1.27 bits per heavy atom. The van der Waals surface area contributed by atoms with Crippen LogP contribution in [0.5, 0.6) is 0 Å². The summed E-state index contributed by atoms with van der Waals surface area (Å²) in [5.74, 6) is -0.211. The number of hydrogen-bond donors (Lipinski definition) is 0. The van der Waals surface area contributed by atoms with Crippen LogP contribution < -0.4 is 0 Å². The molecule has 1 aromatic rings. The van der Waals surface area contributed by atoms with Crippen molar-refractivity contribution in [3.63, 3.8) is 0 Å². The van der Waals surface area contributed by atoms with Crippen LogP contribution in [0.1, 0.15) is 36.7 Å². The van der Waals surface area contributed by atoms with E-state index < -0.39 is 27.4 Å². The van der Waals surface area contributed by atoms with Crippen LogP contribution in [-0.4, -0.2) is 34.7 Å². The first kappa shape index (κ1) is 16.5. The Balaban J connectivity index is 2.37. The Morgan fingerprint density at radius 2 is 1.95 bits per heavy atom. The van der Waals surface area contributed by atoms with Crippen molar-refractivity contribution >= 4 is 21.8 Å². The van der Waals surface area contributed by atoms with Crippen molar-refractivity contribution in [2.24, 2.45) is 4.36 Å². The van der Waals surface area contributed by atoms with E-state index in [0.717, 1.165) is 5.56 Å². The van der Waals surface area contributed by atoms with Gasteiger partial charge in [-0.15, -0.1) is 4.36 Å². The molecule has 1 amide bonds. The van der Waals surface area contributed by atoms with Crippen molar-refractivity contribution in [3.05, 3.63) is 29.3 Å². The summed E-state index contributed by atoms with van der Waals surface area (Å²) < 4.78 is 26.4. The maximum absolute atomic E-state index is 12.9. The summed E-state index contributed by atoms with van der Waals surface area (Å²) in [6.45, 7) is 5.16. The third kappa shape index (κ3) is 3.47. The molecule has 0 radical (unpaired) electrons. The highest BCUT2D eigenvalue weighted by Gasteiger charge is 2.28. The lowest BCUT2D eigenvalue weighted by Gasteiger charge is -2.17. The summed E-state index contributed by atoms with van der Waals surface area (Å²) in [6.07, 6.45) is -0.340. The minimum absolute atomic E-state index is 0.242. The van der Waals surface area contributed by atoms with Gasteiger partial charge in [-0.1, -0.05) is 0 Å². The van der Waals surface area contributed by atoms with Crippen molar-refractivity contribution in [3.8, 4) is 0 Å². The molecule has 0 aromatic heterocycles. The van der Waals surface area contributed by atoms with Crippen molar-refractivity contribution in [2.75, 3.05) is 12.9 Å². The highest BCUT2D eigenvalue weighted by molar-refractivity contribution is 7.94. The molecular formula is C15H19NO5S. The van der Waals surface area contributed by atoms with E-state index in [1.54, 1.807) is 32.9 Å². The van der Waals surface area contributed by atoms with Gasteiger partial charge in [0.2, 0.25) is 0 Å². The van der Waals surface area contributed by atoms with Crippen LogP contribution in [0.4, 0.5) is 4.79 Å². The average molecular weight is 325 g/mol. The Hall–Kier alpha value is -1.89. The van der Waals surface area contributed by atoms with E-state index in [1.165, 1.54) is 13.2 Å². The van der Waals surface area contributed by atoms with Crippen LogP contribution in [0.25, 0.3) is 0 Å². The minimum atomic E-state index is -2.84. The predicted octanol–water partition coefficient (Wildman–Crippen LogP) is 2.79. The van der Waals surface area contributed by atoms with Gasteiger partial charge in [0.1, 0.15) is 5.60 Å². The first-order valence-corrected chi connectivity index (χ1v) is 8.52. The summed E-state index contributed by atoms with van der Waals surface area (Å²) in [5, 5.41) is 0. The number of carbonyl (C=O) groups excluding carboxylic acids is 2. The molecule has 2 rings (SSSR count). The molecule has 1 heterocycles. The van der Waals surface area contributed by atoms with Crippen LogP contribution in [0, 0.1) is 0 Å². The lowest BCUT2D eigenvalue weighted by Crippen LogP contribution is -2.22. The van der Waals surface area contributed by atoms with Crippen LogP contribution in [0.15, 0.2) is 27.5 Å². The summed E-state index contributed by atoms with van der Waals surface area (Å²) in [5.41, 5.74) is 0.453. The largest absolute Gasteiger partial charge is 0.465 e. The number of nitrogens with zero attached hydrogens (tertiary/aromatic N) is 1. The molecule has 1 unspecified atom stereocenters. The van der Waals surface area contributed by atoms with Gasteiger partial charge in [-0.05, 0) is 51.0 Å². The van der Waals surface area contributed by atoms with Gasteiger partial charge >= 0.3 is 12.1 Å². The average Bonchev–Trinajstić information content (AvgIpc) is 2.72. The molecule has 1 aliphatic rings. The molecule has 0 aliphatic carbocycles. The lowest BCUT2D eigenvalue weighted by atomic mass is 10.1. The van der Waals surface area contributed by atoms with E-state index in [-0.39, 0.29) is 5.75 Å². The summed E-state index contributed by atoms with van der Waals surface area (Å²) in [4.78, 5) is 23.8. The molecule has 120 valence electrons. The Labute approximate surface area is 130 Å². The topological polar surface area (TPSA) is 82.0 Å². The summed E-state index contributed by atoms with van der Waals surface area (Å²) in [7, 11) is -1.53. The Kier molecular flexibility index (Phi) is 4.28. The van der Waals surface area contributed by atoms with Crippen molar-refractivity contribution in [1.82, 2.24) is 0 Å². The number of esters is 1. The van der Waals surface area contributed by atoms with Crippen LogP contribution in [-0.2, 0) is 25.6 Å². The quantitative estimate of drug-likeness (QED) is 0.742. The van der Waals surface area contributed by atoms with Gasteiger partial charge in [-0.2, -0.15) is 0 Å². The molecule has 7 heteroatoms. The number of ether oxygens (including phenoxy) is 2. The van der Waals surface area contributed by atoms with Crippen LogP contribution >= 0.6 is 0 Å². The number of amides is 1. The van der Waals surface area contributed by atoms with E-state index in [1.807, 2.05) is 0 Å². The fraction of sp³-hybridized carbons (Fsp3) is 0.467. The maximum atomic E-state index is 12.9. The molecule has 6 nitrogen and oxygen atoms in total. The number of aryl methyl sites for hydroxylation is 1. The molecule has 1 aromatic carbocycles. The van der Waals surface area contributed by atoms with E-state index in [4.69, 9.17) is 4.74 Å². The highest BCUT2D eigenvalue weighted by Crippen LogP contribution is 2.29. The van der Waals surface area contributed by atoms with E-state index in [2.05, 4.69) is 9.10 Å². The number of carbonyl (C=O) groups is 2. The molecule has 1 aliphatic heterocycles. The molecule has 0 saturated heterocycles. The normalized spacial score (nSPS) is 20.2. The van der Waals surface area contributed by atoms with Gasteiger partial charge in [-0.25, -0.2) is 13.8 Å². The van der Waals surface area contributed by atoms with Gasteiger partial charge in [0, 0.05) is 5.75 Å². The fourth-order valence-electron chi connectivity index (χ4n) is 2.18. The zero-order chi connectivity index (χ0) is 16.5. The second-order valence-corrected chi connectivity index (χ2v) is 8.29. The van der Waals surface area contributed by atoms with Crippen molar-refractivity contribution in [1.29, 1.82) is 0 Å². The predicted molar refractivity (Wildman–Crippen MR) is 81.4 cm³/mol. The zero-order valence-corrected chi connectivity index (χ0v) is 13.9. The van der Waals surface area contributed by atoms with E-state index >= 15 is 0 Å². The second kappa shape index (κ2) is 5.72. The Morgan fingerprint density at radius 3 is 2.55 bits per heavy atom. The van der Waals surface area contributed by atoms with Gasteiger partial charge in [-0.3, -0.25) is 0 Å². The zero-order valence-electron chi connectivity index (χ0n) is 13.0. The summed E-state index contributed by atoms with van der Waals surface area (Å²) in [6, 6.07) is 4.74. The molecule has 1 atom stereocenters. The number of rotatable bonds is 1. The van der Waals surface area contributed by atoms with Gasteiger partial charge in [0.15, 0.2) is 0 Å². The smallest absolute Gasteiger partial charge is 0.442 e. The SMILES string of the molecule is COC(=O)c1ccc2c(c1)CCS2(=O)=NC(=O)OC(C)(C)C. The van der Waals surface area contributed by atoms with Gasteiger partial charge in [0.05, 0.1) is 27.3 Å². The first-order valence-electron chi connectivity index (χ1n) is 6.84. The third-order valence-electron chi connectivity index (χ3n) is 3.09. The number of methoxy groups -OCH3 is 1. The first-order chi connectivity index (χ1) is 10.1. The highest BCUT2D eigenvalue weighted by atomic mass is 32.2.